The highest BCUT2D eigenvalue weighted by Gasteiger charge is 2.04. The molecule has 0 bridgehead atoms. The zero-order valence-corrected chi connectivity index (χ0v) is 9.12. The fourth-order valence-electron chi connectivity index (χ4n) is 1.09. The van der Waals surface area contributed by atoms with Crippen molar-refractivity contribution in [1.82, 2.24) is 0 Å². The molecule has 84 valence electrons. The Morgan fingerprint density at radius 3 is 2.25 bits per heavy atom. The van der Waals surface area contributed by atoms with Gasteiger partial charge in [0.05, 0.1) is 6.54 Å². The highest BCUT2D eigenvalue weighted by molar-refractivity contribution is 6.65. The number of hydrogen-bond donors (Lipinski definition) is 4. The van der Waals surface area contributed by atoms with Gasteiger partial charge in [0.15, 0.2) is 0 Å². The number of hydrogen-bond acceptors (Lipinski definition) is 3. The lowest BCUT2D eigenvalue weighted by Crippen LogP contribution is -2.34. The second-order valence-electron chi connectivity index (χ2n) is 3.48. The minimum Gasteiger partial charge on any atom is -0.382 e. The van der Waals surface area contributed by atoms with E-state index in [2.05, 4.69) is 4.99 Å². The van der Waals surface area contributed by atoms with E-state index < -0.39 is 0 Å². The van der Waals surface area contributed by atoms with E-state index in [1.165, 1.54) is 5.56 Å². The van der Waals surface area contributed by atoms with Crippen molar-refractivity contribution in [1.29, 1.82) is 10.8 Å². The summed E-state index contributed by atoms with van der Waals surface area (Å²) in [6.45, 7) is 2.40. The summed E-state index contributed by atoms with van der Waals surface area (Å²) in [7, 11) is 0. The van der Waals surface area contributed by atoms with Crippen LogP contribution in [0.4, 0.5) is 0 Å². The van der Waals surface area contributed by atoms with Gasteiger partial charge in [-0.15, -0.1) is 0 Å². The summed E-state index contributed by atoms with van der Waals surface area (Å²) in [4.78, 5) is 3.99. The number of rotatable bonds is 4. The van der Waals surface area contributed by atoms with E-state index in [-0.39, 0.29) is 17.4 Å². The first-order valence-corrected chi connectivity index (χ1v) is 4.79. The van der Waals surface area contributed by atoms with E-state index in [4.69, 9.17) is 22.3 Å². The zero-order valence-electron chi connectivity index (χ0n) is 9.12. The first-order valence-electron chi connectivity index (χ1n) is 4.79. The molecular weight excluding hydrogens is 202 g/mol. The average molecular weight is 217 g/mol. The van der Waals surface area contributed by atoms with Gasteiger partial charge in [-0.25, -0.2) is 0 Å². The van der Waals surface area contributed by atoms with Crippen molar-refractivity contribution in [3.63, 3.8) is 0 Å². The van der Waals surface area contributed by atoms with Crippen LogP contribution in [0.15, 0.2) is 29.3 Å². The minimum atomic E-state index is -0.370. The molecule has 1 rings (SSSR count). The molecule has 0 amide bonds. The topological polar surface area (TPSA) is 112 Å². The van der Waals surface area contributed by atoms with Gasteiger partial charge in [0.1, 0.15) is 17.4 Å². The molecule has 1 aromatic carbocycles. The normalized spacial score (nSPS) is 11.2. The molecule has 0 aromatic heterocycles. The van der Waals surface area contributed by atoms with E-state index in [1.807, 2.05) is 31.2 Å². The molecule has 5 nitrogen and oxygen atoms in total. The monoisotopic (exact) mass is 217 g/mol. The molecular formula is C11H15N5. The summed E-state index contributed by atoms with van der Waals surface area (Å²) in [6.07, 6.45) is 0. The fraction of sp³-hybridized carbons (Fsp3) is 0.182. The summed E-state index contributed by atoms with van der Waals surface area (Å²) in [6, 6.07) is 7.86. The zero-order chi connectivity index (χ0) is 12.1. The maximum Gasteiger partial charge on any atom is 0.148 e. The number of nitrogens with two attached hydrogens (primary N) is 2. The number of nitrogens with zero attached hydrogens (tertiary/aromatic N) is 1. The van der Waals surface area contributed by atoms with Crippen molar-refractivity contribution >= 4 is 17.4 Å². The van der Waals surface area contributed by atoms with Gasteiger partial charge in [0.25, 0.3) is 0 Å². The van der Waals surface area contributed by atoms with Crippen molar-refractivity contribution in [3.05, 3.63) is 35.4 Å². The average Bonchev–Trinajstić information content (AvgIpc) is 2.26. The summed E-state index contributed by atoms with van der Waals surface area (Å²) in [5, 5.41) is 14.4. The lowest BCUT2D eigenvalue weighted by Gasteiger charge is -2.01. The Hall–Kier alpha value is -2.17. The first kappa shape index (κ1) is 11.9. The molecule has 0 spiro atoms. The summed E-state index contributed by atoms with van der Waals surface area (Å²) < 4.78 is 0. The molecule has 0 aliphatic carbocycles. The molecule has 0 heterocycles. The van der Waals surface area contributed by atoms with Crippen molar-refractivity contribution in [2.75, 3.05) is 0 Å². The lowest BCUT2D eigenvalue weighted by molar-refractivity contribution is 1.06. The molecule has 1 aromatic rings. The Bertz CT molecular complexity index is 430. The Morgan fingerprint density at radius 1 is 1.19 bits per heavy atom. The maximum absolute atomic E-state index is 7.34. The molecule has 5 heteroatoms. The van der Waals surface area contributed by atoms with E-state index >= 15 is 0 Å². The SMILES string of the molecule is Cc1ccc(CN=C(N)C(=N)C(=N)N)cc1. The van der Waals surface area contributed by atoms with Crippen LogP contribution in [-0.4, -0.2) is 17.4 Å². The third kappa shape index (κ3) is 3.20. The van der Waals surface area contributed by atoms with Crippen LogP contribution < -0.4 is 11.5 Å². The molecule has 16 heavy (non-hydrogen) atoms. The molecule has 0 atom stereocenters. The number of aryl methyl sites for hydroxylation is 1. The van der Waals surface area contributed by atoms with Crippen LogP contribution in [0.3, 0.4) is 0 Å². The largest absolute Gasteiger partial charge is 0.382 e. The molecule has 0 aliphatic heterocycles. The first-order chi connectivity index (χ1) is 7.50. The molecule has 0 saturated heterocycles. The summed E-state index contributed by atoms with van der Waals surface area (Å²) in [5.74, 6) is -0.377. The Morgan fingerprint density at radius 2 is 1.75 bits per heavy atom. The van der Waals surface area contributed by atoms with E-state index in [1.54, 1.807) is 0 Å². The van der Waals surface area contributed by atoms with Gasteiger partial charge in [-0.3, -0.25) is 15.8 Å². The Kier molecular flexibility index (Phi) is 3.77. The smallest absolute Gasteiger partial charge is 0.148 e. The third-order valence-corrected chi connectivity index (χ3v) is 2.08. The van der Waals surface area contributed by atoms with Crippen LogP contribution in [0.1, 0.15) is 11.1 Å². The second kappa shape index (κ2) is 5.06. The van der Waals surface area contributed by atoms with E-state index in [9.17, 15) is 0 Å². The molecule has 0 saturated carbocycles. The molecule has 0 aliphatic rings. The van der Waals surface area contributed by atoms with Gasteiger partial charge in [-0.1, -0.05) is 29.8 Å². The van der Waals surface area contributed by atoms with Crippen LogP contribution in [0.25, 0.3) is 0 Å². The quantitative estimate of drug-likeness (QED) is 0.442. The maximum atomic E-state index is 7.34. The van der Waals surface area contributed by atoms with Crippen LogP contribution in [0.2, 0.25) is 0 Å². The van der Waals surface area contributed by atoms with Crippen LogP contribution in [-0.2, 0) is 6.54 Å². The highest BCUT2D eigenvalue weighted by atomic mass is 14.9. The summed E-state index contributed by atoms with van der Waals surface area (Å²) in [5.41, 5.74) is 12.6. The number of aliphatic imine (C=N–C) groups is 1. The van der Waals surface area contributed by atoms with Crippen molar-refractivity contribution in [3.8, 4) is 0 Å². The van der Waals surface area contributed by atoms with Crippen LogP contribution >= 0.6 is 0 Å². The number of nitrogens with one attached hydrogen (secondary N) is 2. The van der Waals surface area contributed by atoms with Gasteiger partial charge in [0, 0.05) is 0 Å². The Balaban J connectivity index is 2.69. The van der Waals surface area contributed by atoms with Gasteiger partial charge in [-0.2, -0.15) is 0 Å². The third-order valence-electron chi connectivity index (χ3n) is 2.08. The predicted molar refractivity (Wildman–Crippen MR) is 66.1 cm³/mol. The van der Waals surface area contributed by atoms with E-state index in [0.29, 0.717) is 6.54 Å². The van der Waals surface area contributed by atoms with Crippen molar-refractivity contribution in [2.45, 2.75) is 13.5 Å². The second-order valence-corrected chi connectivity index (χ2v) is 3.48. The molecule has 0 unspecified atom stereocenters. The lowest BCUT2D eigenvalue weighted by atomic mass is 10.1. The number of benzene rings is 1. The van der Waals surface area contributed by atoms with Gasteiger partial charge in [0.2, 0.25) is 0 Å². The highest BCUT2D eigenvalue weighted by Crippen LogP contribution is 2.04. The minimum absolute atomic E-state index is 0.00641. The van der Waals surface area contributed by atoms with E-state index in [0.717, 1.165) is 5.56 Å². The number of amidine groups is 2. The van der Waals surface area contributed by atoms with Gasteiger partial charge in [-0.05, 0) is 12.5 Å². The van der Waals surface area contributed by atoms with Gasteiger partial charge < -0.3 is 11.5 Å². The fourth-order valence-corrected chi connectivity index (χ4v) is 1.09. The summed E-state index contributed by atoms with van der Waals surface area (Å²) >= 11 is 0. The predicted octanol–water partition coefficient (Wildman–Crippen LogP) is 0.808. The van der Waals surface area contributed by atoms with Crippen LogP contribution in [0.5, 0.6) is 0 Å². The molecule has 0 radical (unpaired) electrons. The molecule has 6 N–H and O–H groups in total. The van der Waals surface area contributed by atoms with Crippen molar-refractivity contribution in [2.24, 2.45) is 16.5 Å². The van der Waals surface area contributed by atoms with Crippen LogP contribution in [0, 0.1) is 17.7 Å². The van der Waals surface area contributed by atoms with Crippen molar-refractivity contribution < 1.29 is 0 Å². The molecule has 0 fully saturated rings. The van der Waals surface area contributed by atoms with Gasteiger partial charge >= 0.3 is 0 Å². The standard InChI is InChI=1S/C11H15N5/c1-7-2-4-8(5-3-7)6-16-11(15)9(12)10(13)14/h2-5,12H,6H2,1H3,(H3,13,14)(H2,15,16). The Labute approximate surface area is 94.2 Å².